The number of sulfonamides is 1. The summed E-state index contributed by atoms with van der Waals surface area (Å²) in [6, 6.07) is 11.6. The summed E-state index contributed by atoms with van der Waals surface area (Å²) in [5.41, 5.74) is 0.178. The predicted molar refractivity (Wildman–Crippen MR) is 121 cm³/mol. The number of benzene rings is 2. The molecule has 2 heterocycles. The van der Waals surface area contributed by atoms with Crippen LogP contribution in [0, 0.1) is 0 Å². The van der Waals surface area contributed by atoms with Crippen LogP contribution < -0.4 is 18.9 Å². The van der Waals surface area contributed by atoms with E-state index >= 15 is 0 Å². The van der Waals surface area contributed by atoms with Crippen molar-refractivity contribution in [2.45, 2.75) is 11.1 Å². The molecule has 0 aliphatic carbocycles. The maximum Gasteiger partial charge on any atom is 0.416 e. The van der Waals surface area contributed by atoms with E-state index in [1.165, 1.54) is 18.7 Å². The number of alkyl halides is 3. The van der Waals surface area contributed by atoms with Gasteiger partial charge in [0.1, 0.15) is 6.61 Å². The van der Waals surface area contributed by atoms with E-state index in [4.69, 9.17) is 14.2 Å². The Morgan fingerprint density at radius 2 is 1.67 bits per heavy atom. The molecule has 0 amide bonds. The summed E-state index contributed by atoms with van der Waals surface area (Å²) in [4.78, 5) is -0.293. The highest BCUT2D eigenvalue weighted by Crippen LogP contribution is 2.32. The molecule has 0 unspecified atom stereocenters. The molecule has 0 aliphatic rings. The molecule has 0 atom stereocenters. The molecule has 2 aromatic carbocycles. The number of hydrogen-bond donors (Lipinski definition) is 1. The molecule has 1 N–H and O–H groups in total. The van der Waals surface area contributed by atoms with Crippen molar-refractivity contribution in [2.24, 2.45) is 0 Å². The summed E-state index contributed by atoms with van der Waals surface area (Å²) in [5, 5.41) is 12.6. The Hall–Kier alpha value is -3.91. The zero-order valence-corrected chi connectivity index (χ0v) is 19.8. The molecule has 0 spiro atoms. The second-order valence-electron chi connectivity index (χ2n) is 7.30. The monoisotopic (exact) mass is 523 g/mol. The van der Waals surface area contributed by atoms with E-state index in [0.29, 0.717) is 40.7 Å². The van der Waals surface area contributed by atoms with Gasteiger partial charge in [-0.15, -0.1) is 15.3 Å². The van der Waals surface area contributed by atoms with Crippen LogP contribution in [0.3, 0.4) is 0 Å². The minimum atomic E-state index is -4.55. The summed E-state index contributed by atoms with van der Waals surface area (Å²) in [6.45, 7) is -0.236. The molecule has 4 rings (SSSR count). The second-order valence-corrected chi connectivity index (χ2v) is 9.07. The van der Waals surface area contributed by atoms with Crippen LogP contribution in [0.1, 0.15) is 5.56 Å². The highest BCUT2D eigenvalue weighted by Gasteiger charge is 2.30. The number of ether oxygens (including phenoxy) is 3. The maximum atomic E-state index is 12.7. The van der Waals surface area contributed by atoms with Crippen LogP contribution >= 0.6 is 0 Å². The third-order valence-corrected chi connectivity index (χ3v) is 6.49. The summed E-state index contributed by atoms with van der Waals surface area (Å²) < 4.78 is 82.6. The van der Waals surface area contributed by atoms with Crippen LogP contribution in [0.15, 0.2) is 59.5 Å². The third-order valence-electron chi connectivity index (χ3n) is 5.02. The Bertz CT molecular complexity index is 1470. The SMILES string of the molecule is COc1ccc(-c2nnc3ccc(OCCNS(=O)(=O)c4ccc(C(F)(F)F)cc4)nn23)cc1OC. The smallest absolute Gasteiger partial charge is 0.416 e. The Morgan fingerprint density at radius 3 is 2.33 bits per heavy atom. The normalized spacial score (nSPS) is 12.0. The van der Waals surface area contributed by atoms with Gasteiger partial charge in [0.25, 0.3) is 0 Å². The maximum absolute atomic E-state index is 12.7. The number of halogens is 3. The molecule has 10 nitrogen and oxygen atoms in total. The molecular formula is C22H20F3N5O5S. The third kappa shape index (κ3) is 5.33. The Labute approximate surface area is 203 Å². The van der Waals surface area contributed by atoms with Gasteiger partial charge in [-0.05, 0) is 48.5 Å². The van der Waals surface area contributed by atoms with Gasteiger partial charge in [0.2, 0.25) is 15.9 Å². The number of methoxy groups -OCH3 is 2. The van der Waals surface area contributed by atoms with Crippen molar-refractivity contribution in [3.8, 4) is 28.8 Å². The number of nitrogens with zero attached hydrogens (tertiary/aromatic N) is 4. The quantitative estimate of drug-likeness (QED) is 0.333. The summed E-state index contributed by atoms with van der Waals surface area (Å²) in [7, 11) is -0.983. The number of fused-ring (bicyclic) bond motifs is 1. The summed E-state index contributed by atoms with van der Waals surface area (Å²) in [5.74, 6) is 1.64. The molecule has 4 aromatic rings. The molecule has 0 saturated heterocycles. The van der Waals surface area contributed by atoms with E-state index in [9.17, 15) is 21.6 Å². The molecule has 0 bridgehead atoms. The lowest BCUT2D eigenvalue weighted by Crippen LogP contribution is -2.28. The van der Waals surface area contributed by atoms with Gasteiger partial charge in [0, 0.05) is 18.2 Å². The van der Waals surface area contributed by atoms with Crippen molar-refractivity contribution in [1.82, 2.24) is 24.5 Å². The lowest BCUT2D eigenvalue weighted by molar-refractivity contribution is -0.137. The molecule has 0 aliphatic heterocycles. The lowest BCUT2D eigenvalue weighted by atomic mass is 10.2. The topological polar surface area (TPSA) is 117 Å². The number of hydrogen-bond acceptors (Lipinski definition) is 8. The van der Waals surface area contributed by atoms with Gasteiger partial charge in [0.05, 0.1) is 24.7 Å². The van der Waals surface area contributed by atoms with Crippen LogP contribution in [0.25, 0.3) is 17.0 Å². The van der Waals surface area contributed by atoms with Crippen molar-refractivity contribution < 1.29 is 35.8 Å². The van der Waals surface area contributed by atoms with E-state index in [1.54, 1.807) is 30.3 Å². The molecule has 36 heavy (non-hydrogen) atoms. The standard InChI is InChI=1S/C22H20F3N5O5S/c1-33-17-8-3-14(13-18(17)34-2)21-28-27-19-9-10-20(29-30(19)21)35-12-11-26-36(31,32)16-6-4-15(5-7-16)22(23,24)25/h3-10,13,26H,11-12H2,1-2H3. The Balaban J connectivity index is 1.43. The van der Waals surface area contributed by atoms with Gasteiger partial charge in [0.15, 0.2) is 23.0 Å². The minimum absolute atomic E-state index is 0.0911. The van der Waals surface area contributed by atoms with E-state index in [-0.39, 0.29) is 23.9 Å². The van der Waals surface area contributed by atoms with Gasteiger partial charge in [-0.2, -0.15) is 17.7 Å². The summed E-state index contributed by atoms with van der Waals surface area (Å²) >= 11 is 0. The first-order valence-electron chi connectivity index (χ1n) is 10.4. The van der Waals surface area contributed by atoms with Crippen molar-refractivity contribution >= 4 is 15.7 Å². The van der Waals surface area contributed by atoms with Gasteiger partial charge in [-0.25, -0.2) is 13.1 Å². The van der Waals surface area contributed by atoms with Crippen LogP contribution in [0.4, 0.5) is 13.2 Å². The number of rotatable bonds is 9. The fourth-order valence-electron chi connectivity index (χ4n) is 3.24. The van der Waals surface area contributed by atoms with Crippen LogP contribution in [0.2, 0.25) is 0 Å². The fourth-order valence-corrected chi connectivity index (χ4v) is 4.26. The predicted octanol–water partition coefficient (Wildman–Crippen LogP) is 3.18. The Kier molecular flexibility index (Phi) is 6.99. The first-order valence-corrected chi connectivity index (χ1v) is 11.9. The minimum Gasteiger partial charge on any atom is -0.493 e. The van der Waals surface area contributed by atoms with Gasteiger partial charge in [-0.1, -0.05) is 0 Å². The second kappa shape index (κ2) is 9.99. The summed E-state index contributed by atoms with van der Waals surface area (Å²) in [6.07, 6.45) is -4.55. The van der Waals surface area contributed by atoms with Crippen LogP contribution in [0.5, 0.6) is 17.4 Å². The van der Waals surface area contributed by atoms with Crippen LogP contribution in [-0.2, 0) is 16.2 Å². The fraction of sp³-hybridized carbons (Fsp3) is 0.227. The average Bonchev–Trinajstić information content (AvgIpc) is 3.29. The molecule has 2 aromatic heterocycles. The molecule has 14 heteroatoms. The number of aromatic nitrogens is 4. The lowest BCUT2D eigenvalue weighted by Gasteiger charge is -2.10. The average molecular weight is 523 g/mol. The van der Waals surface area contributed by atoms with Crippen molar-refractivity contribution in [3.05, 3.63) is 60.2 Å². The molecule has 0 fully saturated rings. The van der Waals surface area contributed by atoms with E-state index in [0.717, 1.165) is 12.1 Å². The van der Waals surface area contributed by atoms with E-state index in [1.807, 2.05) is 0 Å². The molecular weight excluding hydrogens is 503 g/mol. The van der Waals surface area contributed by atoms with Gasteiger partial charge >= 0.3 is 6.18 Å². The first-order chi connectivity index (χ1) is 17.1. The molecule has 190 valence electrons. The van der Waals surface area contributed by atoms with Gasteiger partial charge in [-0.3, -0.25) is 0 Å². The van der Waals surface area contributed by atoms with Crippen molar-refractivity contribution in [2.75, 3.05) is 27.4 Å². The molecule has 0 radical (unpaired) electrons. The zero-order chi connectivity index (χ0) is 25.9. The van der Waals surface area contributed by atoms with Crippen LogP contribution in [-0.4, -0.2) is 55.6 Å². The zero-order valence-electron chi connectivity index (χ0n) is 19.0. The van der Waals surface area contributed by atoms with E-state index in [2.05, 4.69) is 20.0 Å². The highest BCUT2D eigenvalue weighted by molar-refractivity contribution is 7.89. The molecule has 0 saturated carbocycles. The first kappa shape index (κ1) is 25.2. The highest BCUT2D eigenvalue weighted by atomic mass is 32.2. The van der Waals surface area contributed by atoms with Gasteiger partial charge < -0.3 is 14.2 Å². The largest absolute Gasteiger partial charge is 0.493 e. The number of nitrogens with one attached hydrogen (secondary N) is 1. The van der Waals surface area contributed by atoms with Crippen molar-refractivity contribution in [3.63, 3.8) is 0 Å². The van der Waals surface area contributed by atoms with Crippen molar-refractivity contribution in [1.29, 1.82) is 0 Å². The van der Waals surface area contributed by atoms with E-state index < -0.39 is 21.8 Å². The Morgan fingerprint density at radius 1 is 0.944 bits per heavy atom.